The lowest BCUT2D eigenvalue weighted by Crippen LogP contribution is -2.21. The van der Waals surface area contributed by atoms with Crippen LogP contribution in [-0.2, 0) is 16.8 Å². The van der Waals surface area contributed by atoms with Crippen molar-refractivity contribution in [2.24, 2.45) is 0 Å². The van der Waals surface area contributed by atoms with E-state index in [-0.39, 0.29) is 24.0 Å². The van der Waals surface area contributed by atoms with Crippen LogP contribution in [0.5, 0.6) is 5.75 Å². The van der Waals surface area contributed by atoms with Gasteiger partial charge in [-0.1, -0.05) is 62.7 Å². The quantitative estimate of drug-likeness (QED) is 0.139. The highest BCUT2D eigenvalue weighted by atomic mass is 16.5. The molecule has 3 aromatic carbocycles. The summed E-state index contributed by atoms with van der Waals surface area (Å²) in [7, 11) is 3.97. The molecule has 0 saturated heterocycles. The van der Waals surface area contributed by atoms with Crippen LogP contribution < -0.4 is 20.7 Å². The minimum absolute atomic E-state index is 0.0650. The van der Waals surface area contributed by atoms with Gasteiger partial charge in [-0.3, -0.25) is 10.1 Å². The Kier molecular flexibility index (Phi) is 10.2. The van der Waals surface area contributed by atoms with Crippen LogP contribution in [0.1, 0.15) is 50.4 Å². The molecule has 0 radical (unpaired) electrons. The number of carbonyl (C=O) groups is 2. The number of amides is 3. The summed E-state index contributed by atoms with van der Waals surface area (Å²) in [5, 5.41) is 15.4. The van der Waals surface area contributed by atoms with Gasteiger partial charge in [-0.05, 0) is 75.9 Å². The molecular weight excluding hydrogens is 590 g/mol. The molecule has 10 heteroatoms. The first-order valence-electron chi connectivity index (χ1n) is 15.8. The van der Waals surface area contributed by atoms with E-state index in [4.69, 9.17) is 9.84 Å². The van der Waals surface area contributed by atoms with Crippen molar-refractivity contribution in [1.82, 2.24) is 19.7 Å². The van der Waals surface area contributed by atoms with E-state index in [0.717, 1.165) is 46.2 Å². The summed E-state index contributed by atoms with van der Waals surface area (Å²) in [4.78, 5) is 32.1. The Bertz CT molecular complexity index is 1860. The van der Waals surface area contributed by atoms with Gasteiger partial charge in [-0.2, -0.15) is 5.10 Å². The molecule has 3 amide bonds. The monoisotopic (exact) mass is 633 g/mol. The number of carbonyl (C=O) groups excluding carboxylic acids is 2. The Balaban J connectivity index is 1.29. The van der Waals surface area contributed by atoms with Crippen LogP contribution in [0.15, 0.2) is 85.1 Å². The van der Waals surface area contributed by atoms with Crippen LogP contribution in [0.2, 0.25) is 0 Å². The third-order valence-corrected chi connectivity index (χ3v) is 7.63. The van der Waals surface area contributed by atoms with E-state index in [1.54, 1.807) is 10.9 Å². The fourth-order valence-corrected chi connectivity index (χ4v) is 5.05. The molecule has 0 atom stereocenters. The van der Waals surface area contributed by atoms with Gasteiger partial charge in [0.2, 0.25) is 5.91 Å². The van der Waals surface area contributed by atoms with E-state index < -0.39 is 0 Å². The predicted molar refractivity (Wildman–Crippen MR) is 189 cm³/mol. The molecule has 0 aliphatic carbocycles. The Morgan fingerprint density at radius 2 is 1.64 bits per heavy atom. The number of ether oxygens (including phenoxy) is 1. The first kappa shape index (κ1) is 33.2. The molecule has 0 aliphatic heterocycles. The number of pyridine rings is 1. The number of benzene rings is 3. The lowest BCUT2D eigenvalue weighted by atomic mass is 9.92. The average Bonchev–Trinajstić information content (AvgIpc) is 3.45. The zero-order valence-corrected chi connectivity index (χ0v) is 27.9. The van der Waals surface area contributed by atoms with Crippen LogP contribution in [0.25, 0.3) is 16.5 Å². The number of aryl methyl sites for hydroxylation is 1. The number of fused-ring (bicyclic) bond motifs is 1. The number of urea groups is 1. The molecule has 0 bridgehead atoms. The molecule has 0 aliphatic rings. The van der Waals surface area contributed by atoms with Gasteiger partial charge in [-0.25, -0.2) is 14.5 Å². The van der Waals surface area contributed by atoms with Crippen molar-refractivity contribution in [1.29, 1.82) is 0 Å². The molecule has 0 fully saturated rings. The number of anilines is 3. The summed E-state index contributed by atoms with van der Waals surface area (Å²) >= 11 is 0. The van der Waals surface area contributed by atoms with Crippen molar-refractivity contribution in [3.8, 4) is 11.4 Å². The van der Waals surface area contributed by atoms with E-state index in [1.165, 1.54) is 0 Å². The van der Waals surface area contributed by atoms with Crippen molar-refractivity contribution in [2.45, 2.75) is 52.6 Å². The topological polar surface area (TPSA) is 113 Å². The summed E-state index contributed by atoms with van der Waals surface area (Å²) in [6, 6.07) is 24.7. The second kappa shape index (κ2) is 14.5. The maximum atomic E-state index is 13.4. The van der Waals surface area contributed by atoms with Crippen molar-refractivity contribution < 1.29 is 14.3 Å². The molecule has 5 aromatic rings. The van der Waals surface area contributed by atoms with Gasteiger partial charge in [0.15, 0.2) is 0 Å². The fraction of sp³-hybridized carbons (Fsp3) is 0.297. The first-order valence-corrected chi connectivity index (χ1v) is 15.8. The number of hydrogen-bond donors (Lipinski definition) is 3. The Morgan fingerprint density at radius 1 is 0.894 bits per heavy atom. The fourth-order valence-electron chi connectivity index (χ4n) is 5.05. The van der Waals surface area contributed by atoms with E-state index in [2.05, 4.69) is 46.6 Å². The SMILES string of the molecule is Cc1ccc(-n2nc(C(C)(C)C)cc2NC(=O)Nc2ccc(OCc3ccnc(NC(=O)CCCN(C)C)c3)c3ccccc23)cc1. The average molecular weight is 634 g/mol. The van der Waals surface area contributed by atoms with Gasteiger partial charge in [0, 0.05) is 34.9 Å². The van der Waals surface area contributed by atoms with Crippen molar-refractivity contribution in [3.63, 3.8) is 0 Å². The van der Waals surface area contributed by atoms with Gasteiger partial charge in [0.05, 0.1) is 17.1 Å². The lowest BCUT2D eigenvalue weighted by Gasteiger charge is -2.15. The van der Waals surface area contributed by atoms with Crippen molar-refractivity contribution >= 4 is 40.0 Å². The normalized spacial score (nSPS) is 11.5. The zero-order chi connectivity index (χ0) is 33.6. The highest BCUT2D eigenvalue weighted by molar-refractivity contribution is 6.07. The Morgan fingerprint density at radius 3 is 2.36 bits per heavy atom. The van der Waals surface area contributed by atoms with Gasteiger partial charge in [-0.15, -0.1) is 0 Å². The number of aromatic nitrogens is 3. The molecule has 244 valence electrons. The van der Waals surface area contributed by atoms with E-state index in [1.807, 2.05) is 99.9 Å². The summed E-state index contributed by atoms with van der Waals surface area (Å²) in [5.74, 6) is 1.67. The highest BCUT2D eigenvalue weighted by Gasteiger charge is 2.22. The molecular formula is C37H43N7O3. The Hall–Kier alpha value is -5.22. The van der Waals surface area contributed by atoms with Crippen molar-refractivity contribution in [3.05, 3.63) is 102 Å². The van der Waals surface area contributed by atoms with E-state index in [9.17, 15) is 9.59 Å². The second-order valence-electron chi connectivity index (χ2n) is 12.9. The zero-order valence-electron chi connectivity index (χ0n) is 27.9. The number of nitrogens with zero attached hydrogens (tertiary/aromatic N) is 4. The molecule has 10 nitrogen and oxygen atoms in total. The molecule has 5 rings (SSSR count). The lowest BCUT2D eigenvalue weighted by molar-refractivity contribution is -0.116. The smallest absolute Gasteiger partial charge is 0.324 e. The number of nitrogens with one attached hydrogen (secondary N) is 3. The molecule has 2 heterocycles. The van der Waals surface area contributed by atoms with E-state index >= 15 is 0 Å². The number of hydrogen-bond acceptors (Lipinski definition) is 6. The van der Waals surface area contributed by atoms with Gasteiger partial charge >= 0.3 is 6.03 Å². The summed E-state index contributed by atoms with van der Waals surface area (Å²) in [6.45, 7) is 9.44. The second-order valence-corrected chi connectivity index (χ2v) is 12.9. The molecule has 0 saturated carbocycles. The van der Waals surface area contributed by atoms with Crippen LogP contribution in [0.4, 0.5) is 22.1 Å². The van der Waals surface area contributed by atoms with Crippen LogP contribution >= 0.6 is 0 Å². The third kappa shape index (κ3) is 8.74. The molecule has 0 unspecified atom stereocenters. The summed E-state index contributed by atoms with van der Waals surface area (Å²) < 4.78 is 7.99. The van der Waals surface area contributed by atoms with Gasteiger partial charge < -0.3 is 20.3 Å². The number of rotatable bonds is 11. The molecule has 2 aromatic heterocycles. The minimum Gasteiger partial charge on any atom is -0.488 e. The highest BCUT2D eigenvalue weighted by Crippen LogP contribution is 2.33. The van der Waals surface area contributed by atoms with E-state index in [0.29, 0.717) is 29.5 Å². The van der Waals surface area contributed by atoms with Crippen molar-refractivity contribution in [2.75, 3.05) is 36.6 Å². The third-order valence-electron chi connectivity index (χ3n) is 7.63. The predicted octanol–water partition coefficient (Wildman–Crippen LogP) is 7.53. The maximum absolute atomic E-state index is 13.4. The van der Waals surface area contributed by atoms with Crippen LogP contribution in [0, 0.1) is 6.92 Å². The molecule has 0 spiro atoms. The summed E-state index contributed by atoms with van der Waals surface area (Å²) in [6.07, 6.45) is 2.87. The van der Waals surface area contributed by atoms with Gasteiger partial charge in [0.25, 0.3) is 0 Å². The standard InChI is InChI=1S/C37H43N7O3/c1-25-13-15-27(16-14-25)44-34(23-32(42-44)37(2,3)4)41-36(46)39-30-17-18-31(29-11-8-7-10-28(29)30)47-24-26-19-20-38-33(22-26)40-35(45)12-9-21-43(5)6/h7-8,10-11,13-20,22-23H,9,12,21,24H2,1-6H3,(H,38,40,45)(H2,39,41,46). The largest absolute Gasteiger partial charge is 0.488 e. The van der Waals surface area contributed by atoms with Crippen LogP contribution in [-0.4, -0.2) is 52.2 Å². The summed E-state index contributed by atoms with van der Waals surface area (Å²) in [5.41, 5.74) is 4.18. The molecule has 3 N–H and O–H groups in total. The first-order chi connectivity index (χ1) is 22.5. The maximum Gasteiger partial charge on any atom is 0.324 e. The molecule has 47 heavy (non-hydrogen) atoms. The minimum atomic E-state index is -0.384. The Labute approximate surface area is 276 Å². The van der Waals surface area contributed by atoms with Gasteiger partial charge in [0.1, 0.15) is 24.0 Å². The van der Waals surface area contributed by atoms with Crippen LogP contribution in [0.3, 0.4) is 0 Å².